The van der Waals surface area contributed by atoms with Crippen LogP contribution in [0.5, 0.6) is 0 Å². The van der Waals surface area contributed by atoms with Gasteiger partial charge in [-0.25, -0.2) is 32.6 Å². The molecule has 1 saturated heterocycles. The second-order valence-electron chi connectivity index (χ2n) is 6.41. The predicted molar refractivity (Wildman–Crippen MR) is 105 cm³/mol. The van der Waals surface area contributed by atoms with Gasteiger partial charge in [0, 0.05) is 18.2 Å². The molecule has 31 heavy (non-hydrogen) atoms. The first-order valence-corrected chi connectivity index (χ1v) is 11.3. The number of carbonyl (C=O) groups is 3. The molecule has 0 saturated carbocycles. The SMILES string of the molecule is CS(=O)(=O)C1=C(C(=O)O)N2C(=O)[C@@H](NC(=O)/C(=N/OCCF)c3csc(N)n3)CN2C1. The Morgan fingerprint density at radius 2 is 2.23 bits per heavy atom. The van der Waals surface area contributed by atoms with Gasteiger partial charge in [-0.15, -0.1) is 11.3 Å². The average molecular weight is 476 g/mol. The van der Waals surface area contributed by atoms with E-state index in [1.807, 2.05) is 0 Å². The van der Waals surface area contributed by atoms with Gasteiger partial charge in [0.05, 0.1) is 11.4 Å². The van der Waals surface area contributed by atoms with Gasteiger partial charge in [-0.2, -0.15) is 0 Å². The summed E-state index contributed by atoms with van der Waals surface area (Å²) in [5, 5.41) is 18.8. The first-order chi connectivity index (χ1) is 14.5. The van der Waals surface area contributed by atoms with Crippen LogP contribution in [0.3, 0.4) is 0 Å². The van der Waals surface area contributed by atoms with E-state index in [-0.39, 0.29) is 29.6 Å². The number of fused-ring (bicyclic) bond motifs is 1. The Hall–Kier alpha value is -3.11. The maximum Gasteiger partial charge on any atom is 0.355 e. The second kappa shape index (κ2) is 8.56. The van der Waals surface area contributed by atoms with Gasteiger partial charge in [-0.3, -0.25) is 9.59 Å². The minimum Gasteiger partial charge on any atom is -0.476 e. The van der Waals surface area contributed by atoms with E-state index in [2.05, 4.69) is 15.5 Å². The fourth-order valence-corrected chi connectivity index (χ4v) is 4.44. The molecule has 3 heterocycles. The number of hydrogen-bond donors (Lipinski definition) is 3. The molecule has 0 radical (unpaired) electrons. The fourth-order valence-electron chi connectivity index (χ4n) is 2.99. The minimum absolute atomic E-state index is 0.0376. The van der Waals surface area contributed by atoms with Crippen LogP contribution in [0.2, 0.25) is 0 Å². The van der Waals surface area contributed by atoms with Crippen molar-refractivity contribution in [3.8, 4) is 0 Å². The zero-order valence-electron chi connectivity index (χ0n) is 15.9. The van der Waals surface area contributed by atoms with Crippen molar-refractivity contribution in [3.63, 3.8) is 0 Å². The molecule has 2 aliphatic heterocycles. The van der Waals surface area contributed by atoms with Crippen molar-refractivity contribution in [1.82, 2.24) is 20.3 Å². The number of nitrogens with zero attached hydrogens (tertiary/aromatic N) is 4. The number of alkyl halides is 1. The molecular formula is C15H17FN6O7S2. The molecule has 0 bridgehead atoms. The maximum absolute atomic E-state index is 12.8. The van der Waals surface area contributed by atoms with Crippen LogP contribution in [-0.2, 0) is 29.1 Å². The van der Waals surface area contributed by atoms with Gasteiger partial charge >= 0.3 is 5.97 Å². The number of oxime groups is 1. The Morgan fingerprint density at radius 1 is 1.52 bits per heavy atom. The number of aliphatic carboxylic acids is 1. The topological polar surface area (TPSA) is 185 Å². The first-order valence-electron chi connectivity index (χ1n) is 8.58. The fraction of sp³-hybridized carbons (Fsp3) is 0.400. The summed E-state index contributed by atoms with van der Waals surface area (Å²) in [6, 6.07) is -1.20. The summed E-state index contributed by atoms with van der Waals surface area (Å²) in [6.45, 7) is -1.78. The van der Waals surface area contributed by atoms with E-state index >= 15 is 0 Å². The van der Waals surface area contributed by atoms with Gasteiger partial charge in [0.2, 0.25) is 0 Å². The molecule has 1 fully saturated rings. The third-order valence-corrected chi connectivity index (χ3v) is 6.14. The number of carbonyl (C=O) groups excluding carboxylic acids is 2. The molecule has 16 heteroatoms. The number of nitrogens with two attached hydrogens (primary N) is 1. The van der Waals surface area contributed by atoms with Crippen molar-refractivity contribution in [2.45, 2.75) is 6.04 Å². The summed E-state index contributed by atoms with van der Waals surface area (Å²) in [5.74, 6) is -3.33. The minimum atomic E-state index is -3.87. The quantitative estimate of drug-likeness (QED) is 0.222. The molecule has 0 spiro atoms. The van der Waals surface area contributed by atoms with Crippen LogP contribution >= 0.6 is 11.3 Å². The van der Waals surface area contributed by atoms with Gasteiger partial charge < -0.3 is 21.0 Å². The van der Waals surface area contributed by atoms with Crippen molar-refractivity contribution in [1.29, 1.82) is 0 Å². The number of carboxylic acids is 1. The highest BCUT2D eigenvalue weighted by atomic mass is 32.2. The third-order valence-electron chi connectivity index (χ3n) is 4.24. The number of rotatable bonds is 8. The maximum atomic E-state index is 12.8. The van der Waals surface area contributed by atoms with E-state index in [0.717, 1.165) is 22.6 Å². The molecule has 168 valence electrons. The first kappa shape index (κ1) is 22.6. The van der Waals surface area contributed by atoms with E-state index in [0.29, 0.717) is 0 Å². The third kappa shape index (κ3) is 4.49. The molecule has 2 aliphatic rings. The zero-order valence-corrected chi connectivity index (χ0v) is 17.6. The monoisotopic (exact) mass is 476 g/mol. The lowest BCUT2D eigenvalue weighted by Gasteiger charge is -2.18. The number of carboxylic acid groups (broad SMARTS) is 1. The van der Waals surface area contributed by atoms with Gasteiger partial charge in [-0.05, 0) is 0 Å². The predicted octanol–water partition coefficient (Wildman–Crippen LogP) is -1.69. The molecule has 0 aromatic carbocycles. The number of aromatic nitrogens is 1. The highest BCUT2D eigenvalue weighted by Gasteiger charge is 2.50. The van der Waals surface area contributed by atoms with Crippen LogP contribution in [0.25, 0.3) is 0 Å². The Morgan fingerprint density at radius 3 is 2.77 bits per heavy atom. The largest absolute Gasteiger partial charge is 0.476 e. The Bertz CT molecular complexity index is 1100. The van der Waals surface area contributed by atoms with Crippen molar-refractivity contribution in [3.05, 3.63) is 21.7 Å². The molecule has 2 amide bonds. The molecule has 4 N–H and O–H groups in total. The van der Waals surface area contributed by atoms with Crippen molar-refractivity contribution in [2.24, 2.45) is 5.16 Å². The van der Waals surface area contributed by atoms with Crippen LogP contribution in [0.1, 0.15) is 5.69 Å². The highest BCUT2D eigenvalue weighted by Crippen LogP contribution is 2.31. The normalized spacial score (nSPS) is 19.7. The number of thiazole rings is 1. The van der Waals surface area contributed by atoms with Crippen LogP contribution in [0, 0.1) is 0 Å². The smallest absolute Gasteiger partial charge is 0.355 e. The Labute approximate surface area is 178 Å². The molecule has 1 aromatic rings. The highest BCUT2D eigenvalue weighted by molar-refractivity contribution is 7.94. The van der Waals surface area contributed by atoms with Gasteiger partial charge in [-0.1, -0.05) is 5.16 Å². The summed E-state index contributed by atoms with van der Waals surface area (Å²) < 4.78 is 36.1. The van der Waals surface area contributed by atoms with Gasteiger partial charge in [0.1, 0.15) is 25.0 Å². The van der Waals surface area contributed by atoms with E-state index in [9.17, 15) is 32.3 Å². The Balaban J connectivity index is 1.83. The summed E-state index contributed by atoms with van der Waals surface area (Å²) >= 11 is 1.02. The summed E-state index contributed by atoms with van der Waals surface area (Å²) in [5.41, 5.74) is 4.55. The number of nitrogen functional groups attached to an aromatic ring is 1. The van der Waals surface area contributed by atoms with E-state index in [1.54, 1.807) is 0 Å². The number of sulfone groups is 1. The van der Waals surface area contributed by atoms with Crippen LogP contribution in [0.4, 0.5) is 9.52 Å². The lowest BCUT2D eigenvalue weighted by molar-refractivity contribution is -0.143. The standard InChI is InChI=1S/C15H17FN6O7S2/c1-31(27,28)9-5-21-4-7(13(24)22(21)11(9)14(25)26)18-12(23)10(20-29-3-2-16)8-6-30-15(17)19-8/h6-7H,2-5H2,1H3,(H2,17,19)(H,18,23)(H,25,26)/b20-10+/t7-/m0/s1. The van der Waals surface area contributed by atoms with Crippen LogP contribution in [0.15, 0.2) is 21.1 Å². The number of amides is 2. The lowest BCUT2D eigenvalue weighted by atomic mass is 10.2. The molecule has 13 nitrogen and oxygen atoms in total. The summed E-state index contributed by atoms with van der Waals surface area (Å²) in [4.78, 5) is 45.3. The van der Waals surface area contributed by atoms with Crippen LogP contribution < -0.4 is 11.1 Å². The van der Waals surface area contributed by atoms with Gasteiger partial charge in [0.25, 0.3) is 11.8 Å². The molecule has 3 rings (SSSR count). The zero-order chi connectivity index (χ0) is 22.9. The van der Waals surface area contributed by atoms with E-state index < -0.39 is 57.5 Å². The van der Waals surface area contributed by atoms with E-state index in [4.69, 9.17) is 10.6 Å². The number of nitrogens with one attached hydrogen (secondary N) is 1. The summed E-state index contributed by atoms with van der Waals surface area (Å²) in [7, 11) is -3.87. The molecule has 1 aromatic heterocycles. The van der Waals surface area contributed by atoms with Crippen molar-refractivity contribution < 1.29 is 37.1 Å². The second-order valence-corrected chi connectivity index (χ2v) is 9.33. The van der Waals surface area contributed by atoms with Crippen molar-refractivity contribution >= 4 is 49.8 Å². The number of hydrazine groups is 1. The lowest BCUT2D eigenvalue weighted by Crippen LogP contribution is -2.46. The summed E-state index contributed by atoms with van der Waals surface area (Å²) in [6.07, 6.45) is 0.845. The van der Waals surface area contributed by atoms with Gasteiger partial charge in [0.15, 0.2) is 26.4 Å². The average Bonchev–Trinajstić information content (AvgIpc) is 3.34. The Kier molecular flexibility index (Phi) is 6.23. The molecular weight excluding hydrogens is 459 g/mol. The van der Waals surface area contributed by atoms with E-state index in [1.165, 1.54) is 10.4 Å². The molecule has 0 aliphatic carbocycles. The molecule has 0 unspecified atom stereocenters. The number of halogens is 1. The number of anilines is 1. The molecule has 1 atom stereocenters. The number of hydrogen-bond acceptors (Lipinski definition) is 11. The van der Waals surface area contributed by atoms with Crippen LogP contribution in [-0.4, -0.2) is 90.7 Å². The van der Waals surface area contributed by atoms with Crippen molar-refractivity contribution in [2.75, 3.05) is 38.4 Å².